The SMILES string of the molecule is CC(C)C(=O)O[C@H]1[C@@H](F)[C@H](c2ccc3c(N)nc(F)nn23)O[C@@]1(CI)N=[N+]=[N-].CC(C)C(=O)O[C@H]1[C@@H](F)[C@H](c2ccc3c(N)nc(F)nn23)O[C@@]1(COC(=O)c1cccc(Cl)c1)N=[N+]=[N-]. The molecule has 0 spiro atoms. The number of ether oxygens (including phenoxy) is 5. The lowest BCUT2D eigenvalue weighted by atomic mass is 10.0. The molecule has 0 radical (unpaired) electrons. The molecule has 4 N–H and O–H groups in total. The third-order valence-corrected chi connectivity index (χ3v) is 11.2. The predicted octanol–water partition coefficient (Wildman–Crippen LogP) is 6.81. The van der Waals surface area contributed by atoms with E-state index in [2.05, 4.69) is 40.2 Å². The Morgan fingerprint density at radius 1 is 0.831 bits per heavy atom. The quantitative estimate of drug-likeness (QED) is 0.0190. The van der Waals surface area contributed by atoms with Crippen molar-refractivity contribution >= 4 is 74.8 Å². The highest BCUT2D eigenvalue weighted by Crippen LogP contribution is 2.47. The Balaban J connectivity index is 0.000000224. The Hall–Kier alpha value is -6.25. The molecule has 6 heterocycles. The Labute approximate surface area is 382 Å². The Bertz CT molecular complexity index is 2740. The first kappa shape index (κ1) is 48.2. The molecule has 28 heteroatoms. The van der Waals surface area contributed by atoms with Gasteiger partial charge in [-0.1, -0.05) is 78.2 Å². The van der Waals surface area contributed by atoms with E-state index in [0.29, 0.717) is 0 Å². The van der Waals surface area contributed by atoms with Crippen LogP contribution in [0.15, 0.2) is 58.8 Å². The minimum absolute atomic E-state index is 0.0105. The van der Waals surface area contributed by atoms with Gasteiger partial charge in [-0.15, -0.1) is 10.2 Å². The van der Waals surface area contributed by atoms with E-state index in [1.165, 1.54) is 56.3 Å². The number of nitrogens with zero attached hydrogens (tertiary/aromatic N) is 12. The van der Waals surface area contributed by atoms with Gasteiger partial charge in [-0.3, -0.25) is 9.59 Å². The molecular weight excluding hydrogens is 1010 g/mol. The van der Waals surface area contributed by atoms with Gasteiger partial charge in [0.2, 0.25) is 5.72 Å². The molecule has 0 bridgehead atoms. The maximum Gasteiger partial charge on any atom is 0.338 e. The second-order valence-electron chi connectivity index (χ2n) is 14.9. The van der Waals surface area contributed by atoms with Crippen molar-refractivity contribution in [2.75, 3.05) is 22.5 Å². The van der Waals surface area contributed by atoms with Gasteiger partial charge in [0.1, 0.15) is 29.8 Å². The standard InChI is InChI=1S/C22H20ClF2N7O5.C15H16F2IN7O3/c1-10(2)19(33)36-17-15(24)16(13-6-7-14-18(26)28-21(25)29-32(13)14)37-22(17,30-31-27)9-35-20(34)11-4-3-5-12(23)8-11;1-6(2)13(26)27-11-9(16)10(28-15(11,5-18)23-24-20)7-3-4-8-12(19)21-14(17)22-25(7)8/h3-8,10,15-17H,9H2,1-2H3,(H2,26,28,29);3-4,6,9-11H,5H2,1-2H3,(H2,19,21,22)/t15-,16-,17-,22+;9-,10-,11-,15+/m00/s1. The topological polar surface area (TPSA) is 307 Å². The van der Waals surface area contributed by atoms with E-state index < -0.39 is 96.7 Å². The van der Waals surface area contributed by atoms with Gasteiger partial charge >= 0.3 is 30.1 Å². The molecule has 2 aliphatic heterocycles. The third kappa shape index (κ3) is 9.60. The largest absolute Gasteiger partial charge is 0.459 e. The number of anilines is 2. The van der Waals surface area contributed by atoms with Crippen LogP contribution in [-0.4, -0.2) is 94.1 Å². The summed E-state index contributed by atoms with van der Waals surface area (Å²) in [4.78, 5) is 49.4. The molecule has 0 saturated carbocycles. The van der Waals surface area contributed by atoms with Crippen LogP contribution >= 0.6 is 34.2 Å². The van der Waals surface area contributed by atoms with E-state index in [1.54, 1.807) is 19.9 Å². The summed E-state index contributed by atoms with van der Waals surface area (Å²) in [5.74, 6) is -3.94. The number of esters is 3. The summed E-state index contributed by atoms with van der Waals surface area (Å²) in [6.45, 7) is 5.38. The number of aromatic nitrogens is 6. The van der Waals surface area contributed by atoms with Crippen molar-refractivity contribution in [3.63, 3.8) is 0 Å². The number of fused-ring (bicyclic) bond motifs is 2. The second kappa shape index (κ2) is 19.5. The van der Waals surface area contributed by atoms with Crippen LogP contribution in [0.2, 0.25) is 5.02 Å². The van der Waals surface area contributed by atoms with Gasteiger partial charge in [0, 0.05) is 19.3 Å². The van der Waals surface area contributed by atoms with E-state index in [9.17, 15) is 28.7 Å². The Morgan fingerprint density at radius 2 is 1.29 bits per heavy atom. The highest BCUT2D eigenvalue weighted by atomic mass is 127. The average Bonchev–Trinajstić information content (AvgIpc) is 4.00. The number of halogens is 6. The zero-order valence-corrected chi connectivity index (χ0v) is 37.1. The summed E-state index contributed by atoms with van der Waals surface area (Å²) in [7, 11) is 0. The molecular formula is C37H36ClF4IN14O8. The summed E-state index contributed by atoms with van der Waals surface area (Å²) < 4.78 is 88.4. The second-order valence-corrected chi connectivity index (χ2v) is 16.1. The summed E-state index contributed by atoms with van der Waals surface area (Å²) in [5, 5.41) is 14.6. The van der Waals surface area contributed by atoms with Gasteiger partial charge in [0.15, 0.2) is 41.9 Å². The van der Waals surface area contributed by atoms with E-state index >= 15 is 8.78 Å². The van der Waals surface area contributed by atoms with Gasteiger partial charge < -0.3 is 35.2 Å². The molecule has 344 valence electrons. The van der Waals surface area contributed by atoms with Crippen LogP contribution in [0.4, 0.5) is 29.2 Å². The number of hydrogen-bond donors (Lipinski definition) is 2. The van der Waals surface area contributed by atoms with Crippen molar-refractivity contribution in [1.29, 1.82) is 0 Å². The Morgan fingerprint density at radius 3 is 1.74 bits per heavy atom. The van der Waals surface area contributed by atoms with Crippen molar-refractivity contribution in [1.82, 2.24) is 29.2 Å². The van der Waals surface area contributed by atoms with Crippen LogP contribution in [0, 0.1) is 24.0 Å². The number of carbonyl (C=O) groups excluding carboxylic acids is 3. The molecule has 22 nitrogen and oxygen atoms in total. The molecule has 0 unspecified atom stereocenters. The van der Waals surface area contributed by atoms with Gasteiger partial charge in [-0.25, -0.2) is 22.6 Å². The van der Waals surface area contributed by atoms with Crippen LogP contribution in [0.3, 0.4) is 0 Å². The molecule has 4 aromatic heterocycles. The van der Waals surface area contributed by atoms with Gasteiger partial charge in [0.25, 0.3) is 0 Å². The minimum Gasteiger partial charge on any atom is -0.459 e. The summed E-state index contributed by atoms with van der Waals surface area (Å²) in [5.41, 5.74) is 26.1. The fourth-order valence-electron chi connectivity index (χ4n) is 6.72. The molecule has 1 aromatic carbocycles. The number of azide groups is 2. The highest BCUT2D eigenvalue weighted by Gasteiger charge is 2.61. The molecule has 0 amide bonds. The molecule has 8 atom stereocenters. The highest BCUT2D eigenvalue weighted by molar-refractivity contribution is 14.1. The molecule has 0 aliphatic carbocycles. The number of carbonyl (C=O) groups is 3. The van der Waals surface area contributed by atoms with Crippen molar-refractivity contribution in [3.05, 3.63) is 104 Å². The van der Waals surface area contributed by atoms with Gasteiger partial charge in [-0.05, 0) is 53.5 Å². The molecule has 65 heavy (non-hydrogen) atoms. The van der Waals surface area contributed by atoms with E-state index in [1.807, 2.05) is 22.6 Å². The molecule has 2 saturated heterocycles. The van der Waals surface area contributed by atoms with Crippen LogP contribution in [-0.2, 0) is 33.3 Å². The fraction of sp³-hybridized carbons (Fsp3) is 0.432. The zero-order valence-electron chi connectivity index (χ0n) is 34.2. The van der Waals surface area contributed by atoms with E-state index in [0.717, 1.165) is 9.03 Å². The number of nitrogen functional groups attached to an aromatic ring is 2. The van der Waals surface area contributed by atoms with Crippen LogP contribution in [0.5, 0.6) is 0 Å². The van der Waals surface area contributed by atoms with Crippen molar-refractivity contribution in [2.45, 2.75) is 75.9 Å². The van der Waals surface area contributed by atoms with Crippen molar-refractivity contribution < 1.29 is 55.6 Å². The fourth-order valence-corrected chi connectivity index (χ4v) is 7.67. The first-order chi connectivity index (χ1) is 30.8. The third-order valence-electron chi connectivity index (χ3n) is 9.89. The first-order valence-corrected chi connectivity index (χ1v) is 21.0. The lowest BCUT2D eigenvalue weighted by Crippen LogP contribution is -2.47. The van der Waals surface area contributed by atoms with E-state index in [4.69, 9.17) is 52.3 Å². The lowest BCUT2D eigenvalue weighted by Gasteiger charge is -2.29. The maximum absolute atomic E-state index is 16.0. The summed E-state index contributed by atoms with van der Waals surface area (Å²) in [6.07, 6.45) is -12.6. The molecule has 5 aromatic rings. The number of benzene rings is 1. The van der Waals surface area contributed by atoms with Gasteiger partial charge in [0.05, 0.1) is 28.8 Å². The monoisotopic (exact) mass is 1040 g/mol. The average molecular weight is 1040 g/mol. The normalized spacial score (nSPS) is 24.9. The lowest BCUT2D eigenvalue weighted by molar-refractivity contribution is -0.169. The predicted molar refractivity (Wildman–Crippen MR) is 226 cm³/mol. The van der Waals surface area contributed by atoms with Crippen LogP contribution < -0.4 is 11.5 Å². The maximum atomic E-state index is 16.0. The van der Waals surface area contributed by atoms with Crippen molar-refractivity contribution in [3.8, 4) is 0 Å². The number of hydrogen-bond acceptors (Lipinski definition) is 16. The number of alkyl halides is 3. The number of nitrogens with two attached hydrogens (primary N) is 2. The van der Waals surface area contributed by atoms with Crippen LogP contribution in [0.25, 0.3) is 31.9 Å². The first-order valence-electron chi connectivity index (χ1n) is 19.1. The molecule has 7 rings (SSSR count). The smallest absolute Gasteiger partial charge is 0.338 e. The Kier molecular flexibility index (Phi) is 14.4. The van der Waals surface area contributed by atoms with E-state index in [-0.39, 0.29) is 49.1 Å². The summed E-state index contributed by atoms with van der Waals surface area (Å²) >= 11 is 7.77. The van der Waals surface area contributed by atoms with Crippen molar-refractivity contribution in [2.24, 2.45) is 22.1 Å². The zero-order chi connectivity index (χ0) is 47.5. The number of rotatable bonds is 12. The van der Waals surface area contributed by atoms with Gasteiger partial charge in [-0.2, -0.15) is 18.7 Å². The summed E-state index contributed by atoms with van der Waals surface area (Å²) in [6, 6.07) is 11.5. The van der Waals surface area contributed by atoms with Crippen LogP contribution in [0.1, 0.15) is 61.6 Å². The minimum atomic E-state index is -2.32. The molecule has 2 fully saturated rings. The molecule has 2 aliphatic rings.